The van der Waals surface area contributed by atoms with Gasteiger partial charge in [0.1, 0.15) is 0 Å². The van der Waals surface area contributed by atoms with Crippen molar-refractivity contribution in [1.82, 2.24) is 20.1 Å². The molecule has 0 N–H and O–H groups in total. The van der Waals surface area contributed by atoms with Gasteiger partial charge in [0.05, 0.1) is 12.8 Å². The molecule has 2 aromatic heterocycles. The third-order valence-electron chi connectivity index (χ3n) is 4.71. The highest BCUT2D eigenvalue weighted by Gasteiger charge is 2.19. The number of hydrogen-bond acceptors (Lipinski definition) is 5. The lowest BCUT2D eigenvalue weighted by atomic mass is 10.1. The predicted molar refractivity (Wildman–Crippen MR) is 108 cm³/mol. The molecule has 2 heterocycles. The van der Waals surface area contributed by atoms with Crippen LogP contribution in [-0.2, 0) is 6.42 Å². The number of carbonyl (C=O) groups is 1. The Kier molecular flexibility index (Phi) is 5.99. The van der Waals surface area contributed by atoms with Gasteiger partial charge in [-0.2, -0.15) is 0 Å². The maximum atomic E-state index is 13.0. The van der Waals surface area contributed by atoms with Gasteiger partial charge in [0.15, 0.2) is 0 Å². The lowest BCUT2D eigenvalue weighted by Crippen LogP contribution is -2.36. The fraction of sp³-hybridized carbons (Fsp3) is 0.273. The highest BCUT2D eigenvalue weighted by atomic mass is 16.5. The van der Waals surface area contributed by atoms with Crippen molar-refractivity contribution < 1.29 is 9.53 Å². The Hall–Kier alpha value is -3.28. The Morgan fingerprint density at radius 1 is 1.14 bits per heavy atom. The SMILES string of the molecule is COc1ccc(-c2cccc(C(=O)N(C)[C@H](C)Cc3cc(C)ccn3)c2)nn1. The molecular formula is C22H24N4O2. The largest absolute Gasteiger partial charge is 0.480 e. The number of carbonyl (C=O) groups excluding carboxylic acids is 1. The topological polar surface area (TPSA) is 68.2 Å². The highest BCUT2D eigenvalue weighted by molar-refractivity contribution is 5.95. The lowest BCUT2D eigenvalue weighted by Gasteiger charge is -2.25. The first-order valence-corrected chi connectivity index (χ1v) is 9.15. The van der Waals surface area contributed by atoms with Crippen molar-refractivity contribution in [1.29, 1.82) is 0 Å². The second-order valence-electron chi connectivity index (χ2n) is 6.84. The number of ether oxygens (including phenoxy) is 1. The summed E-state index contributed by atoms with van der Waals surface area (Å²) in [7, 11) is 3.37. The van der Waals surface area contributed by atoms with Crippen molar-refractivity contribution in [2.45, 2.75) is 26.3 Å². The van der Waals surface area contributed by atoms with E-state index in [4.69, 9.17) is 4.74 Å². The van der Waals surface area contributed by atoms with Crippen molar-refractivity contribution in [2.24, 2.45) is 0 Å². The average molecular weight is 376 g/mol. The number of likely N-dealkylation sites (N-methyl/N-ethyl adjacent to an activating group) is 1. The second-order valence-corrected chi connectivity index (χ2v) is 6.84. The van der Waals surface area contributed by atoms with Crippen LogP contribution in [-0.4, -0.2) is 46.2 Å². The number of methoxy groups -OCH3 is 1. The monoisotopic (exact) mass is 376 g/mol. The second kappa shape index (κ2) is 8.61. The number of amides is 1. The van der Waals surface area contributed by atoms with Crippen LogP contribution in [0.1, 0.15) is 28.5 Å². The smallest absolute Gasteiger partial charge is 0.253 e. The number of nitrogens with zero attached hydrogens (tertiary/aromatic N) is 4. The van der Waals surface area contributed by atoms with Gasteiger partial charge in [-0.05, 0) is 49.7 Å². The van der Waals surface area contributed by atoms with Crippen LogP contribution in [0, 0.1) is 6.92 Å². The van der Waals surface area contributed by atoms with Crippen LogP contribution in [0.5, 0.6) is 5.88 Å². The summed E-state index contributed by atoms with van der Waals surface area (Å²) < 4.78 is 5.04. The zero-order valence-corrected chi connectivity index (χ0v) is 16.6. The van der Waals surface area contributed by atoms with E-state index >= 15 is 0 Å². The molecule has 6 nitrogen and oxygen atoms in total. The maximum absolute atomic E-state index is 13.0. The van der Waals surface area contributed by atoms with E-state index in [-0.39, 0.29) is 11.9 Å². The molecule has 0 spiro atoms. The molecule has 1 aromatic carbocycles. The van der Waals surface area contributed by atoms with Crippen molar-refractivity contribution >= 4 is 5.91 Å². The molecule has 3 aromatic rings. The molecule has 0 fully saturated rings. The van der Waals surface area contributed by atoms with Gasteiger partial charge in [0.25, 0.3) is 5.91 Å². The summed E-state index contributed by atoms with van der Waals surface area (Å²) in [5, 5.41) is 8.15. The van der Waals surface area contributed by atoms with E-state index in [1.807, 2.05) is 57.3 Å². The van der Waals surface area contributed by atoms with Crippen molar-refractivity contribution in [3.63, 3.8) is 0 Å². The highest BCUT2D eigenvalue weighted by Crippen LogP contribution is 2.20. The summed E-state index contributed by atoms with van der Waals surface area (Å²) in [4.78, 5) is 19.1. The Morgan fingerprint density at radius 2 is 1.96 bits per heavy atom. The Balaban J connectivity index is 1.75. The van der Waals surface area contributed by atoms with Gasteiger partial charge in [-0.25, -0.2) is 0 Å². The fourth-order valence-electron chi connectivity index (χ4n) is 2.95. The molecule has 0 bridgehead atoms. The van der Waals surface area contributed by atoms with Gasteiger partial charge < -0.3 is 9.64 Å². The first kappa shape index (κ1) is 19.5. The fourth-order valence-corrected chi connectivity index (χ4v) is 2.95. The minimum atomic E-state index is -0.0385. The van der Waals surface area contributed by atoms with Crippen LogP contribution in [0.2, 0.25) is 0 Å². The van der Waals surface area contributed by atoms with E-state index < -0.39 is 0 Å². The Morgan fingerprint density at radius 3 is 2.64 bits per heavy atom. The van der Waals surface area contributed by atoms with Crippen LogP contribution < -0.4 is 4.74 Å². The third-order valence-corrected chi connectivity index (χ3v) is 4.71. The lowest BCUT2D eigenvalue weighted by molar-refractivity contribution is 0.0743. The molecule has 1 amide bonds. The molecule has 0 unspecified atom stereocenters. The molecule has 0 saturated heterocycles. The number of benzene rings is 1. The molecule has 0 radical (unpaired) electrons. The van der Waals surface area contributed by atoms with Gasteiger partial charge in [0.2, 0.25) is 5.88 Å². The molecule has 0 aliphatic heterocycles. The van der Waals surface area contributed by atoms with E-state index in [2.05, 4.69) is 21.2 Å². The number of aromatic nitrogens is 3. The van der Waals surface area contributed by atoms with E-state index in [9.17, 15) is 4.79 Å². The maximum Gasteiger partial charge on any atom is 0.253 e. The Bertz CT molecular complexity index is 957. The quantitative estimate of drug-likeness (QED) is 0.658. The molecule has 0 aliphatic carbocycles. The van der Waals surface area contributed by atoms with Gasteiger partial charge in [0, 0.05) is 48.6 Å². The summed E-state index contributed by atoms with van der Waals surface area (Å²) >= 11 is 0. The molecule has 3 rings (SSSR count). The normalized spacial score (nSPS) is 11.7. The number of aryl methyl sites for hydroxylation is 1. The molecule has 28 heavy (non-hydrogen) atoms. The van der Waals surface area contributed by atoms with E-state index in [1.54, 1.807) is 24.3 Å². The molecule has 0 aliphatic rings. The van der Waals surface area contributed by atoms with Crippen molar-refractivity contribution in [2.75, 3.05) is 14.2 Å². The van der Waals surface area contributed by atoms with E-state index in [0.717, 1.165) is 11.3 Å². The summed E-state index contributed by atoms with van der Waals surface area (Å²) in [6.45, 7) is 4.07. The number of pyridine rings is 1. The first-order valence-electron chi connectivity index (χ1n) is 9.15. The van der Waals surface area contributed by atoms with Crippen LogP contribution in [0.15, 0.2) is 54.7 Å². The van der Waals surface area contributed by atoms with Crippen molar-refractivity contribution in [3.8, 4) is 17.1 Å². The van der Waals surface area contributed by atoms with E-state index in [0.29, 0.717) is 23.6 Å². The van der Waals surface area contributed by atoms with Gasteiger partial charge in [-0.3, -0.25) is 9.78 Å². The van der Waals surface area contributed by atoms with Crippen LogP contribution >= 0.6 is 0 Å². The zero-order valence-electron chi connectivity index (χ0n) is 16.6. The molecule has 6 heteroatoms. The minimum absolute atomic E-state index is 0.0197. The predicted octanol–water partition coefficient (Wildman–Crippen LogP) is 3.56. The first-order chi connectivity index (χ1) is 13.5. The standard InChI is InChI=1S/C22H24N4O2/c1-15-10-11-23-19(12-15)13-16(2)26(3)22(27)18-7-5-6-17(14-18)20-8-9-21(28-4)25-24-20/h5-12,14,16H,13H2,1-4H3/t16-/m1/s1. The number of hydrogen-bond donors (Lipinski definition) is 0. The van der Waals surface area contributed by atoms with E-state index in [1.165, 1.54) is 5.56 Å². The van der Waals surface area contributed by atoms with Crippen LogP contribution in [0.25, 0.3) is 11.3 Å². The molecule has 1 atom stereocenters. The van der Waals surface area contributed by atoms with Gasteiger partial charge in [-0.1, -0.05) is 12.1 Å². The Labute approximate surface area is 165 Å². The summed E-state index contributed by atoms with van der Waals surface area (Å²) in [5.41, 5.74) is 4.29. The summed E-state index contributed by atoms with van der Waals surface area (Å²) in [6.07, 6.45) is 2.51. The van der Waals surface area contributed by atoms with Crippen molar-refractivity contribution in [3.05, 3.63) is 71.5 Å². The van der Waals surface area contributed by atoms with Gasteiger partial charge >= 0.3 is 0 Å². The third kappa shape index (κ3) is 4.52. The number of rotatable bonds is 6. The molecular weight excluding hydrogens is 352 g/mol. The molecule has 0 saturated carbocycles. The molecule has 144 valence electrons. The van der Waals surface area contributed by atoms with Gasteiger partial charge in [-0.15, -0.1) is 10.2 Å². The van der Waals surface area contributed by atoms with Crippen LogP contribution in [0.3, 0.4) is 0 Å². The summed E-state index contributed by atoms with van der Waals surface area (Å²) in [5.74, 6) is 0.415. The summed E-state index contributed by atoms with van der Waals surface area (Å²) in [6, 6.07) is 15.0. The van der Waals surface area contributed by atoms with Crippen LogP contribution in [0.4, 0.5) is 0 Å². The minimum Gasteiger partial charge on any atom is -0.480 e. The zero-order chi connectivity index (χ0) is 20.1. The average Bonchev–Trinajstić information content (AvgIpc) is 2.73.